The minimum atomic E-state index is -0.0766. The number of benzene rings is 4. The van der Waals surface area contributed by atoms with E-state index in [1.165, 1.54) is 66.8 Å². The summed E-state index contributed by atoms with van der Waals surface area (Å²) >= 11 is -0.0766. The molecule has 0 fully saturated rings. The van der Waals surface area contributed by atoms with Crippen LogP contribution >= 0.6 is 0 Å². The summed E-state index contributed by atoms with van der Waals surface area (Å²) in [5, 5.41) is 0.777. The fourth-order valence-corrected chi connectivity index (χ4v) is 11.2. The zero-order valence-electron chi connectivity index (χ0n) is 37.3. The normalized spacial score (nSPS) is 12.1. The Balaban J connectivity index is 1.48. The number of carbonyl (C=O) groups excluding carboxylic acids is 1. The molecule has 2 aliphatic heterocycles. The van der Waals surface area contributed by atoms with Crippen molar-refractivity contribution >= 4 is 66.0 Å². The van der Waals surface area contributed by atoms with Crippen molar-refractivity contribution in [3.8, 4) is 44.5 Å². The van der Waals surface area contributed by atoms with Gasteiger partial charge in [0.1, 0.15) is 0 Å². The molecule has 0 saturated carbocycles. The molecule has 9 rings (SSSR count). The Morgan fingerprint density at radius 2 is 0.742 bits per heavy atom. The van der Waals surface area contributed by atoms with Gasteiger partial charge in [-0.2, -0.15) is 0 Å². The number of H-pyrrole nitrogens is 2. The fourth-order valence-electron chi connectivity index (χ4n) is 9.97. The molecule has 7 aromatic rings. The Labute approximate surface area is 371 Å². The number of aryl methyl sites for hydroxylation is 9. The van der Waals surface area contributed by atoms with Crippen LogP contribution in [0.25, 0.3) is 90.9 Å². The average Bonchev–Trinajstić information content (AvgIpc) is 4.04. The van der Waals surface area contributed by atoms with Crippen LogP contribution in [0.1, 0.15) is 85.3 Å². The number of hydrogen-bond donors (Lipinski definition) is 2. The summed E-state index contributed by atoms with van der Waals surface area (Å²) in [5.74, 6) is 0. The molecular formula is C56H52N4OSe. The molecule has 0 atom stereocenters. The van der Waals surface area contributed by atoms with Crippen molar-refractivity contribution < 1.29 is 4.79 Å². The maximum atomic E-state index is 11.9. The van der Waals surface area contributed by atoms with Crippen molar-refractivity contribution in [2.24, 2.45) is 0 Å². The first kappa shape index (κ1) is 41.0. The number of fused-ring (bicyclic) bond motifs is 8. The molecule has 2 aliphatic rings. The van der Waals surface area contributed by atoms with Gasteiger partial charge in [-0.1, -0.05) is 53.1 Å². The van der Waals surface area contributed by atoms with Crippen molar-refractivity contribution in [1.82, 2.24) is 19.9 Å². The molecule has 0 saturated heterocycles. The van der Waals surface area contributed by atoms with E-state index in [0.717, 1.165) is 83.5 Å². The Kier molecular flexibility index (Phi) is 10.7. The standard InChI is InChI=1S/C56H52N4OSe/c1-30-23-33(4)50(34(5)24-30)54-44-17-15-42(57-44)53(41-13-11-40(12-14-41)29-62-39(10)61)43-16-18-45(58-43)55(51-35(6)25-31(2)26-36(51)7)47-20-22-49(60-47)56(48-21-19-46(54)59-48)52-37(8)27-32(3)28-38(52)9/h11-28,57,60H,29H2,1-10H3. The summed E-state index contributed by atoms with van der Waals surface area (Å²) in [5.41, 5.74) is 28.5. The van der Waals surface area contributed by atoms with Crippen molar-refractivity contribution in [1.29, 1.82) is 0 Å². The third-order valence-electron chi connectivity index (χ3n) is 12.2. The van der Waals surface area contributed by atoms with Crippen molar-refractivity contribution in [3.05, 3.63) is 163 Å². The number of aromatic amines is 2. The molecule has 5 heterocycles. The van der Waals surface area contributed by atoms with Crippen LogP contribution in [0.5, 0.6) is 0 Å². The van der Waals surface area contributed by atoms with E-state index in [0.29, 0.717) is 0 Å². The number of aromatic nitrogens is 4. The summed E-state index contributed by atoms with van der Waals surface area (Å²) in [6, 6.07) is 31.2. The molecule has 4 aromatic carbocycles. The van der Waals surface area contributed by atoms with Crippen molar-refractivity contribution in [2.45, 2.75) is 74.6 Å². The van der Waals surface area contributed by atoms with Crippen LogP contribution in [0.15, 0.2) is 84.9 Å². The van der Waals surface area contributed by atoms with Gasteiger partial charge in [0, 0.05) is 11.1 Å². The zero-order valence-corrected chi connectivity index (χ0v) is 39.0. The molecular weight excluding hydrogens is 824 g/mol. The van der Waals surface area contributed by atoms with Gasteiger partial charge < -0.3 is 0 Å². The van der Waals surface area contributed by atoms with Gasteiger partial charge in [-0.15, -0.1) is 0 Å². The molecule has 308 valence electrons. The van der Waals surface area contributed by atoms with E-state index in [-0.39, 0.29) is 19.6 Å². The first-order valence-electron chi connectivity index (χ1n) is 21.4. The zero-order chi connectivity index (χ0) is 43.6. The van der Waals surface area contributed by atoms with Crippen LogP contribution in [0.2, 0.25) is 0 Å². The summed E-state index contributed by atoms with van der Waals surface area (Å²) in [6.45, 7) is 21.4. The minimum absolute atomic E-state index is 0.0766. The maximum absolute atomic E-state index is 11.9. The number of nitrogens with one attached hydrogen (secondary N) is 2. The SMILES string of the molecule is CC(=O)[Se]Cc1ccc(-c2c3nc(c(-c4c(C)cc(C)cc4C)c4ccc([nH]4)c(-c4c(C)cc(C)cc4C)c4nc(c(-c5c(C)cc(C)cc5C)c5ccc2[nH]5)C=C4)C=C3)cc1. The van der Waals surface area contributed by atoms with Crippen LogP contribution in [0.4, 0.5) is 0 Å². The summed E-state index contributed by atoms with van der Waals surface area (Å²) in [4.78, 5) is 31.0. The van der Waals surface area contributed by atoms with Crippen molar-refractivity contribution in [3.63, 3.8) is 0 Å². The molecule has 0 unspecified atom stereocenters. The van der Waals surface area contributed by atoms with Crippen LogP contribution in [0, 0.1) is 62.3 Å². The summed E-state index contributed by atoms with van der Waals surface area (Å²) < 4.78 is 0.258. The Morgan fingerprint density at radius 1 is 0.435 bits per heavy atom. The average molecular weight is 876 g/mol. The second-order valence-corrected chi connectivity index (χ2v) is 19.7. The van der Waals surface area contributed by atoms with Gasteiger partial charge in [-0.05, 0) is 91.1 Å². The van der Waals surface area contributed by atoms with E-state index in [1.807, 2.05) is 0 Å². The predicted molar refractivity (Wildman–Crippen MR) is 263 cm³/mol. The molecule has 2 N–H and O–H groups in total. The van der Waals surface area contributed by atoms with Gasteiger partial charge in [0.2, 0.25) is 0 Å². The number of hydrogen-bond acceptors (Lipinski definition) is 3. The van der Waals surface area contributed by atoms with Gasteiger partial charge in [0.05, 0.1) is 5.69 Å². The van der Waals surface area contributed by atoms with Gasteiger partial charge in [-0.25, -0.2) is 0 Å². The van der Waals surface area contributed by atoms with Gasteiger partial charge in [0.15, 0.2) is 0 Å². The van der Waals surface area contributed by atoms with Crippen molar-refractivity contribution in [2.75, 3.05) is 0 Å². The molecule has 0 spiro atoms. The Bertz CT molecular complexity index is 3120. The first-order valence-corrected chi connectivity index (χ1v) is 23.4. The van der Waals surface area contributed by atoms with Crippen LogP contribution in [0.3, 0.4) is 0 Å². The number of rotatable bonds is 7. The number of carbonyl (C=O) groups is 1. The quantitative estimate of drug-likeness (QED) is 0.157. The molecule has 62 heavy (non-hydrogen) atoms. The molecule has 0 radical (unpaired) electrons. The second-order valence-electron chi connectivity index (χ2n) is 17.3. The molecule has 6 heteroatoms. The fraction of sp³-hybridized carbons (Fsp3) is 0.196. The van der Waals surface area contributed by atoms with Gasteiger partial charge >= 0.3 is 212 Å². The summed E-state index contributed by atoms with van der Waals surface area (Å²) in [6.07, 6.45) is 8.73. The first-order chi connectivity index (χ1) is 29.7. The van der Waals surface area contributed by atoms with E-state index < -0.39 is 0 Å². The number of nitrogens with zero attached hydrogens (tertiary/aromatic N) is 2. The second kappa shape index (κ2) is 16.2. The molecule has 8 bridgehead atoms. The monoisotopic (exact) mass is 876 g/mol. The third-order valence-corrected chi connectivity index (χ3v) is 14.1. The van der Waals surface area contributed by atoms with Gasteiger partial charge in [0.25, 0.3) is 0 Å². The molecule has 3 aromatic heterocycles. The van der Waals surface area contributed by atoms with E-state index in [4.69, 9.17) is 9.97 Å². The van der Waals surface area contributed by atoms with E-state index in [2.05, 4.69) is 182 Å². The van der Waals surface area contributed by atoms with Crippen LogP contribution in [-0.2, 0) is 10.1 Å². The molecule has 0 aliphatic carbocycles. The van der Waals surface area contributed by atoms with E-state index >= 15 is 0 Å². The van der Waals surface area contributed by atoms with Crippen LogP contribution < -0.4 is 0 Å². The Morgan fingerprint density at radius 3 is 1.06 bits per heavy atom. The topological polar surface area (TPSA) is 74.4 Å². The molecule has 0 amide bonds. The van der Waals surface area contributed by atoms with Crippen LogP contribution in [-0.4, -0.2) is 39.6 Å². The van der Waals surface area contributed by atoms with E-state index in [1.54, 1.807) is 6.92 Å². The Hall–Kier alpha value is -6.33. The third kappa shape index (κ3) is 7.52. The van der Waals surface area contributed by atoms with E-state index in [9.17, 15) is 4.79 Å². The summed E-state index contributed by atoms with van der Waals surface area (Å²) in [7, 11) is 0. The predicted octanol–water partition coefficient (Wildman–Crippen LogP) is 13.9. The van der Waals surface area contributed by atoms with Gasteiger partial charge in [-0.3, -0.25) is 0 Å². The molecule has 5 nitrogen and oxygen atoms in total.